The van der Waals surface area contributed by atoms with E-state index in [1.165, 1.54) is 30.3 Å². The van der Waals surface area contributed by atoms with E-state index in [-0.39, 0.29) is 41.5 Å². The minimum Gasteiger partial charge on any atom is -0.484 e. The number of nitrogens with two attached hydrogens (primary N) is 1. The molecule has 1 heterocycles. The molecule has 6 N–H and O–H groups in total. The second-order valence-corrected chi connectivity index (χ2v) is 8.76. The van der Waals surface area contributed by atoms with Gasteiger partial charge in [0.1, 0.15) is 11.5 Å². The summed E-state index contributed by atoms with van der Waals surface area (Å²) in [4.78, 5) is 59.0. The van der Waals surface area contributed by atoms with Gasteiger partial charge in [-0.1, -0.05) is 33.1 Å². The van der Waals surface area contributed by atoms with E-state index in [1.807, 2.05) is 6.92 Å². The molecule has 0 aliphatic carbocycles. The summed E-state index contributed by atoms with van der Waals surface area (Å²) in [5.74, 6) is -3.59. The predicted molar refractivity (Wildman–Crippen MR) is 138 cm³/mol. The van der Waals surface area contributed by atoms with Crippen molar-refractivity contribution in [2.24, 2.45) is 11.7 Å². The number of amides is 4. The summed E-state index contributed by atoms with van der Waals surface area (Å²) in [5.41, 5.74) is 5.22. The lowest BCUT2D eigenvalue weighted by Gasteiger charge is -2.29. The Morgan fingerprint density at radius 2 is 1.87 bits per heavy atom. The molecule has 1 aromatic heterocycles. The van der Waals surface area contributed by atoms with Gasteiger partial charge in [0.2, 0.25) is 12.3 Å². The highest BCUT2D eigenvalue weighted by molar-refractivity contribution is 5.93. The number of benzene rings is 1. The van der Waals surface area contributed by atoms with Crippen molar-refractivity contribution in [3.8, 4) is 17.1 Å². The van der Waals surface area contributed by atoms with Gasteiger partial charge < -0.3 is 30.6 Å². The van der Waals surface area contributed by atoms with E-state index in [2.05, 4.69) is 10.6 Å². The van der Waals surface area contributed by atoms with Gasteiger partial charge in [0.15, 0.2) is 12.4 Å². The number of nitrogens with zero attached hydrogens (tertiary/aromatic N) is 1. The molecule has 39 heavy (non-hydrogen) atoms. The summed E-state index contributed by atoms with van der Waals surface area (Å²) >= 11 is 0. The molecule has 212 valence electrons. The van der Waals surface area contributed by atoms with E-state index in [0.717, 1.165) is 19.3 Å². The number of furan rings is 1. The third kappa shape index (κ3) is 9.14. The van der Waals surface area contributed by atoms with Crippen LogP contribution in [-0.2, 0) is 14.4 Å². The Morgan fingerprint density at radius 1 is 1.13 bits per heavy atom. The van der Waals surface area contributed by atoms with E-state index < -0.39 is 42.3 Å². The van der Waals surface area contributed by atoms with E-state index in [0.29, 0.717) is 17.9 Å². The molecule has 0 spiro atoms. The summed E-state index contributed by atoms with van der Waals surface area (Å²) in [6.45, 7) is 3.09. The van der Waals surface area contributed by atoms with Gasteiger partial charge in [0.25, 0.3) is 11.8 Å². The van der Waals surface area contributed by atoms with E-state index >= 15 is 0 Å². The van der Waals surface area contributed by atoms with Gasteiger partial charge in [0.05, 0.1) is 24.2 Å². The van der Waals surface area contributed by atoms with Crippen LogP contribution in [-0.4, -0.2) is 64.8 Å². The first-order valence-corrected chi connectivity index (χ1v) is 12.5. The van der Waals surface area contributed by atoms with Crippen molar-refractivity contribution >= 4 is 30.1 Å². The number of carboxylic acid groups (broad SMARTS) is 1. The zero-order valence-electron chi connectivity index (χ0n) is 21.8. The van der Waals surface area contributed by atoms with Crippen LogP contribution in [0.1, 0.15) is 66.9 Å². The van der Waals surface area contributed by atoms with Crippen LogP contribution in [0.3, 0.4) is 0 Å². The zero-order chi connectivity index (χ0) is 28.9. The molecular weight excluding hydrogens is 512 g/mol. The van der Waals surface area contributed by atoms with Crippen LogP contribution in [0.4, 0.5) is 0 Å². The van der Waals surface area contributed by atoms with Crippen molar-refractivity contribution < 1.29 is 43.4 Å². The standard InChI is InChI=1S/C26H34N4O9/c1-3-5-6-7-19(20(4-2)30(37)15-31)24(33)28-14-29-25(34)22-9-8-21(39-22)16-10-17(26(35)36)12-18(11-16)38-13-23(27)32/h8-12,15,19-20,37H,3-7,13-14H2,1-2H3,(H2,27,32)(H,28,33)(H,29,34)(H,35,36)/t19?,20-/m1/s1. The lowest BCUT2D eigenvalue weighted by Crippen LogP contribution is -2.47. The topological polar surface area (TPSA) is 201 Å². The first kappa shape index (κ1) is 30.8. The molecule has 1 aromatic carbocycles. The minimum atomic E-state index is -1.24. The van der Waals surface area contributed by atoms with E-state index in [9.17, 15) is 34.3 Å². The summed E-state index contributed by atoms with van der Waals surface area (Å²) in [6, 6.07) is 6.09. The van der Waals surface area contributed by atoms with Crippen molar-refractivity contribution in [3.05, 3.63) is 41.7 Å². The summed E-state index contributed by atoms with van der Waals surface area (Å²) in [5, 5.41) is 24.9. The average Bonchev–Trinajstić information content (AvgIpc) is 3.41. The summed E-state index contributed by atoms with van der Waals surface area (Å²) in [6.07, 6.45) is 3.64. The molecule has 0 saturated heterocycles. The summed E-state index contributed by atoms with van der Waals surface area (Å²) in [7, 11) is 0. The Bertz CT molecular complexity index is 1160. The normalized spacial score (nSPS) is 12.2. The number of hydrogen-bond donors (Lipinski definition) is 5. The third-order valence-electron chi connectivity index (χ3n) is 5.95. The van der Waals surface area contributed by atoms with E-state index in [1.54, 1.807) is 6.92 Å². The summed E-state index contributed by atoms with van der Waals surface area (Å²) < 4.78 is 10.8. The van der Waals surface area contributed by atoms with Gasteiger partial charge in [0, 0.05) is 5.56 Å². The van der Waals surface area contributed by atoms with Crippen LogP contribution in [0.15, 0.2) is 34.7 Å². The molecule has 2 rings (SSSR count). The largest absolute Gasteiger partial charge is 0.484 e. The third-order valence-corrected chi connectivity index (χ3v) is 5.95. The second-order valence-electron chi connectivity index (χ2n) is 8.76. The number of carboxylic acids is 1. The molecule has 2 atom stereocenters. The van der Waals surface area contributed by atoms with Crippen molar-refractivity contribution in [1.29, 1.82) is 0 Å². The number of nitrogens with one attached hydrogen (secondary N) is 2. The number of hydroxylamine groups is 2. The van der Waals surface area contributed by atoms with Crippen LogP contribution in [0, 0.1) is 5.92 Å². The fourth-order valence-electron chi connectivity index (χ4n) is 3.99. The van der Waals surface area contributed by atoms with Gasteiger partial charge in [-0.15, -0.1) is 0 Å². The molecule has 0 aliphatic heterocycles. The highest BCUT2D eigenvalue weighted by atomic mass is 16.5. The van der Waals surface area contributed by atoms with Crippen LogP contribution < -0.4 is 21.1 Å². The van der Waals surface area contributed by atoms with Gasteiger partial charge in [-0.05, 0) is 43.2 Å². The molecule has 0 bridgehead atoms. The lowest BCUT2D eigenvalue weighted by atomic mass is 9.90. The molecule has 13 heteroatoms. The molecule has 4 amide bonds. The first-order valence-electron chi connectivity index (χ1n) is 12.5. The molecule has 0 radical (unpaired) electrons. The Kier molecular flexibility index (Phi) is 12.0. The number of ether oxygens (including phenoxy) is 1. The number of primary amides is 1. The number of carbonyl (C=O) groups is 5. The first-order chi connectivity index (χ1) is 18.6. The quantitative estimate of drug-likeness (QED) is 0.0647. The molecular formula is C26H34N4O9. The maximum atomic E-state index is 12.9. The smallest absolute Gasteiger partial charge is 0.335 e. The van der Waals surface area contributed by atoms with Crippen molar-refractivity contribution in [2.45, 2.75) is 52.0 Å². The average molecular weight is 547 g/mol. The van der Waals surface area contributed by atoms with Crippen molar-refractivity contribution in [2.75, 3.05) is 13.3 Å². The van der Waals surface area contributed by atoms with Crippen LogP contribution in [0.5, 0.6) is 5.75 Å². The van der Waals surface area contributed by atoms with E-state index in [4.69, 9.17) is 14.9 Å². The Balaban J connectivity index is 2.08. The molecule has 13 nitrogen and oxygen atoms in total. The zero-order valence-corrected chi connectivity index (χ0v) is 21.8. The lowest BCUT2D eigenvalue weighted by molar-refractivity contribution is -0.168. The predicted octanol–water partition coefficient (Wildman–Crippen LogP) is 2.14. The molecule has 2 aromatic rings. The number of aromatic carboxylic acids is 1. The Morgan fingerprint density at radius 3 is 2.49 bits per heavy atom. The Hall–Kier alpha value is -4.39. The number of rotatable bonds is 17. The SMILES string of the molecule is CCCCCC(C(=O)NCNC(=O)c1ccc(-c2cc(OCC(N)=O)cc(C(=O)O)c2)o1)[C@@H](CC)N(O)C=O. The second kappa shape index (κ2) is 15.1. The number of carbonyl (C=O) groups excluding carboxylic acids is 4. The highest BCUT2D eigenvalue weighted by Gasteiger charge is 2.30. The molecule has 0 saturated carbocycles. The van der Waals surface area contributed by atoms with Crippen LogP contribution >= 0.6 is 0 Å². The molecule has 1 unspecified atom stereocenters. The Labute approximate surface area is 225 Å². The minimum absolute atomic E-state index is 0.0729. The number of unbranched alkanes of at least 4 members (excludes halogenated alkanes) is 2. The van der Waals surface area contributed by atoms with Crippen LogP contribution in [0.2, 0.25) is 0 Å². The number of hydrogen-bond acceptors (Lipinski definition) is 8. The maximum Gasteiger partial charge on any atom is 0.335 e. The van der Waals surface area contributed by atoms with Crippen molar-refractivity contribution in [3.63, 3.8) is 0 Å². The van der Waals surface area contributed by atoms with Gasteiger partial charge in [-0.25, -0.2) is 9.86 Å². The van der Waals surface area contributed by atoms with Crippen molar-refractivity contribution in [1.82, 2.24) is 15.7 Å². The van der Waals surface area contributed by atoms with Gasteiger partial charge in [-0.2, -0.15) is 0 Å². The molecule has 0 aliphatic rings. The monoisotopic (exact) mass is 546 g/mol. The highest BCUT2D eigenvalue weighted by Crippen LogP contribution is 2.28. The maximum absolute atomic E-state index is 12.9. The fourth-order valence-corrected chi connectivity index (χ4v) is 3.99. The fraction of sp³-hybridized carbons (Fsp3) is 0.423. The molecule has 0 fully saturated rings. The van der Waals surface area contributed by atoms with Gasteiger partial charge in [-0.3, -0.25) is 24.4 Å². The van der Waals surface area contributed by atoms with Gasteiger partial charge >= 0.3 is 5.97 Å². The van der Waals surface area contributed by atoms with Crippen LogP contribution in [0.25, 0.3) is 11.3 Å².